The number of phosphoric acid groups is 1. The van der Waals surface area contributed by atoms with Crippen molar-refractivity contribution >= 4 is 13.8 Å². The van der Waals surface area contributed by atoms with Crippen molar-refractivity contribution in [1.29, 1.82) is 0 Å². The molecule has 0 spiro atoms. The Labute approximate surface area is 152 Å². The summed E-state index contributed by atoms with van der Waals surface area (Å²) >= 11 is 0. The molecule has 0 amide bonds. The van der Waals surface area contributed by atoms with Gasteiger partial charge in [0.15, 0.2) is 0 Å². The molecule has 3 N–H and O–H groups in total. The van der Waals surface area contributed by atoms with Crippen molar-refractivity contribution < 1.29 is 28.0 Å². The first-order valence-electron chi connectivity index (χ1n) is 9.49. The lowest BCUT2D eigenvalue weighted by atomic mass is 10.1. The zero-order valence-electron chi connectivity index (χ0n) is 15.6. The van der Waals surface area contributed by atoms with Gasteiger partial charge < -0.3 is 15.4 Å². The molecule has 0 radical (unpaired) electrons. The summed E-state index contributed by atoms with van der Waals surface area (Å²) in [5.74, 6) is -0.227. The van der Waals surface area contributed by atoms with Gasteiger partial charge in [-0.25, -0.2) is 4.57 Å². The van der Waals surface area contributed by atoms with Crippen LogP contribution in [0.2, 0.25) is 0 Å². The van der Waals surface area contributed by atoms with Crippen LogP contribution in [0.4, 0.5) is 0 Å². The van der Waals surface area contributed by atoms with Crippen molar-refractivity contribution in [3.63, 3.8) is 0 Å². The van der Waals surface area contributed by atoms with Crippen molar-refractivity contribution in [2.24, 2.45) is 5.73 Å². The van der Waals surface area contributed by atoms with Gasteiger partial charge in [-0.1, -0.05) is 58.3 Å². The summed E-state index contributed by atoms with van der Waals surface area (Å²) in [6.45, 7) is 2.48. The summed E-state index contributed by atoms with van der Waals surface area (Å²) in [4.78, 5) is 20.8. The van der Waals surface area contributed by atoms with E-state index in [1.54, 1.807) is 0 Å². The standard InChI is InChI=1S/C17H36NO6P/c1-2-3-4-5-6-7-8-9-10-12-17(19)22-14-11-15-23-25(20,21)24-16-13-18/h2-16,18H2,1H3,(H,20,21). The van der Waals surface area contributed by atoms with E-state index in [4.69, 9.17) is 15.0 Å². The quantitative estimate of drug-likeness (QED) is 0.210. The van der Waals surface area contributed by atoms with Crippen LogP contribution in [-0.4, -0.2) is 37.2 Å². The van der Waals surface area contributed by atoms with E-state index in [2.05, 4.69) is 11.4 Å². The van der Waals surface area contributed by atoms with E-state index in [9.17, 15) is 14.3 Å². The molecule has 0 heterocycles. The predicted octanol–water partition coefficient (Wildman–Crippen LogP) is 3.93. The van der Waals surface area contributed by atoms with Gasteiger partial charge in [0, 0.05) is 19.4 Å². The highest BCUT2D eigenvalue weighted by Crippen LogP contribution is 2.42. The lowest BCUT2D eigenvalue weighted by Crippen LogP contribution is -2.10. The van der Waals surface area contributed by atoms with E-state index in [0.717, 1.165) is 12.8 Å². The first-order valence-corrected chi connectivity index (χ1v) is 11.0. The fourth-order valence-corrected chi connectivity index (χ4v) is 3.05. The average molecular weight is 381 g/mol. The number of hydrogen-bond donors (Lipinski definition) is 2. The van der Waals surface area contributed by atoms with Gasteiger partial charge >= 0.3 is 13.8 Å². The molecular formula is C17H36NO6P. The number of rotatable bonds is 18. The van der Waals surface area contributed by atoms with Crippen LogP contribution in [0.1, 0.15) is 77.6 Å². The maximum absolute atomic E-state index is 11.5. The maximum atomic E-state index is 11.5. The Morgan fingerprint density at radius 3 is 2.04 bits per heavy atom. The van der Waals surface area contributed by atoms with Crippen molar-refractivity contribution in [2.45, 2.75) is 77.6 Å². The zero-order valence-corrected chi connectivity index (χ0v) is 16.5. The lowest BCUT2D eigenvalue weighted by molar-refractivity contribution is -0.144. The van der Waals surface area contributed by atoms with Crippen molar-refractivity contribution in [3.8, 4) is 0 Å². The molecule has 1 atom stereocenters. The number of phosphoric ester groups is 1. The van der Waals surface area contributed by atoms with E-state index in [-0.39, 0.29) is 32.3 Å². The second-order valence-corrected chi connectivity index (χ2v) is 7.53. The van der Waals surface area contributed by atoms with Crippen LogP contribution in [0.25, 0.3) is 0 Å². The molecule has 0 aliphatic rings. The minimum atomic E-state index is -4.03. The number of hydrogen-bond acceptors (Lipinski definition) is 6. The van der Waals surface area contributed by atoms with Gasteiger partial charge in [0.25, 0.3) is 0 Å². The summed E-state index contributed by atoms with van der Waals surface area (Å²) in [6, 6.07) is 0. The van der Waals surface area contributed by atoms with Gasteiger partial charge in [-0.2, -0.15) is 0 Å². The molecule has 150 valence electrons. The van der Waals surface area contributed by atoms with Gasteiger partial charge in [0.2, 0.25) is 0 Å². The van der Waals surface area contributed by atoms with Crippen LogP contribution >= 0.6 is 7.82 Å². The van der Waals surface area contributed by atoms with E-state index in [1.807, 2.05) is 0 Å². The first-order chi connectivity index (χ1) is 12.0. The normalized spacial score (nSPS) is 13.6. The summed E-state index contributed by atoms with van der Waals surface area (Å²) < 4.78 is 25.7. The van der Waals surface area contributed by atoms with E-state index in [0.29, 0.717) is 12.8 Å². The maximum Gasteiger partial charge on any atom is 0.472 e. The van der Waals surface area contributed by atoms with E-state index < -0.39 is 7.82 Å². The highest BCUT2D eigenvalue weighted by molar-refractivity contribution is 7.47. The molecule has 0 aliphatic heterocycles. The highest BCUT2D eigenvalue weighted by atomic mass is 31.2. The molecule has 0 saturated heterocycles. The second kappa shape index (κ2) is 17.0. The van der Waals surface area contributed by atoms with Gasteiger partial charge in [-0.05, 0) is 6.42 Å². The molecular weight excluding hydrogens is 345 g/mol. The molecule has 0 fully saturated rings. The molecule has 0 aromatic carbocycles. The Balaban J connectivity index is 3.37. The number of carbonyl (C=O) groups is 1. The third-order valence-electron chi connectivity index (χ3n) is 3.66. The van der Waals surface area contributed by atoms with Gasteiger partial charge in [-0.15, -0.1) is 0 Å². The van der Waals surface area contributed by atoms with Crippen LogP contribution in [0.3, 0.4) is 0 Å². The summed E-state index contributed by atoms with van der Waals surface area (Å²) in [5.41, 5.74) is 5.17. The Bertz CT molecular complexity index is 367. The SMILES string of the molecule is CCCCCCCCCCCC(=O)OCCCOP(=O)(O)OCCN. The minimum Gasteiger partial charge on any atom is -0.466 e. The van der Waals surface area contributed by atoms with Crippen LogP contribution in [-0.2, 0) is 23.1 Å². The van der Waals surface area contributed by atoms with Gasteiger partial charge in [0.1, 0.15) is 0 Å². The third kappa shape index (κ3) is 18.1. The van der Waals surface area contributed by atoms with Crippen molar-refractivity contribution in [3.05, 3.63) is 0 Å². The molecule has 7 nitrogen and oxygen atoms in total. The van der Waals surface area contributed by atoms with Crippen LogP contribution < -0.4 is 5.73 Å². The Hall–Kier alpha value is -0.460. The van der Waals surface area contributed by atoms with Crippen molar-refractivity contribution in [1.82, 2.24) is 0 Å². The summed E-state index contributed by atoms with van der Waals surface area (Å²) in [5, 5.41) is 0. The van der Waals surface area contributed by atoms with Crippen molar-refractivity contribution in [2.75, 3.05) is 26.4 Å². The summed E-state index contributed by atoms with van der Waals surface area (Å²) in [6.07, 6.45) is 11.6. The molecule has 0 aliphatic carbocycles. The Morgan fingerprint density at radius 1 is 0.880 bits per heavy atom. The van der Waals surface area contributed by atoms with Gasteiger partial charge in [0.05, 0.1) is 19.8 Å². The number of carbonyl (C=O) groups excluding carboxylic acids is 1. The largest absolute Gasteiger partial charge is 0.472 e. The molecule has 0 saturated carbocycles. The topological polar surface area (TPSA) is 108 Å². The number of ether oxygens (including phenoxy) is 1. The minimum absolute atomic E-state index is 0.0103. The number of unbranched alkanes of at least 4 members (excludes halogenated alkanes) is 8. The summed E-state index contributed by atoms with van der Waals surface area (Å²) in [7, 11) is -4.03. The zero-order chi connectivity index (χ0) is 18.8. The molecule has 0 aromatic rings. The highest BCUT2D eigenvalue weighted by Gasteiger charge is 2.19. The second-order valence-electron chi connectivity index (χ2n) is 6.08. The number of nitrogens with two attached hydrogens (primary N) is 1. The molecule has 0 aromatic heterocycles. The van der Waals surface area contributed by atoms with Crippen LogP contribution in [0.5, 0.6) is 0 Å². The van der Waals surface area contributed by atoms with Crippen LogP contribution in [0, 0.1) is 0 Å². The Kier molecular flexibility index (Phi) is 16.7. The first kappa shape index (κ1) is 24.5. The fourth-order valence-electron chi connectivity index (χ4n) is 2.28. The fraction of sp³-hybridized carbons (Fsp3) is 0.941. The van der Waals surface area contributed by atoms with Gasteiger partial charge in [-0.3, -0.25) is 13.8 Å². The average Bonchev–Trinajstić information content (AvgIpc) is 2.58. The molecule has 0 rings (SSSR count). The predicted molar refractivity (Wildman–Crippen MR) is 98.2 cm³/mol. The monoisotopic (exact) mass is 381 g/mol. The Morgan fingerprint density at radius 2 is 1.44 bits per heavy atom. The molecule has 1 unspecified atom stereocenters. The number of esters is 1. The van der Waals surface area contributed by atoms with Crippen LogP contribution in [0.15, 0.2) is 0 Å². The van der Waals surface area contributed by atoms with E-state index in [1.165, 1.54) is 44.9 Å². The van der Waals surface area contributed by atoms with E-state index >= 15 is 0 Å². The molecule has 0 bridgehead atoms. The molecule has 8 heteroatoms. The lowest BCUT2D eigenvalue weighted by Gasteiger charge is -2.11. The molecule has 25 heavy (non-hydrogen) atoms. The smallest absolute Gasteiger partial charge is 0.466 e. The third-order valence-corrected chi connectivity index (χ3v) is 4.68.